The summed E-state index contributed by atoms with van der Waals surface area (Å²) >= 11 is 1.23. The third kappa shape index (κ3) is 4.80. The number of rotatable bonds is 6. The number of nitrogens with one attached hydrogen (secondary N) is 1. The normalized spacial score (nSPS) is 17.6. The van der Waals surface area contributed by atoms with E-state index in [1.54, 1.807) is 11.0 Å². The first-order valence-corrected chi connectivity index (χ1v) is 9.93. The molecule has 1 saturated heterocycles. The van der Waals surface area contributed by atoms with E-state index in [1.807, 2.05) is 38.1 Å². The van der Waals surface area contributed by atoms with Crippen molar-refractivity contribution in [1.29, 1.82) is 0 Å². The Labute approximate surface area is 172 Å². The van der Waals surface area contributed by atoms with E-state index in [0.29, 0.717) is 11.7 Å². The molecule has 2 aromatic carbocycles. The number of aryl methyl sites for hydroxylation is 1. The number of aliphatic imine (C=N–C) groups is 1. The maximum atomic E-state index is 12.7. The van der Waals surface area contributed by atoms with E-state index in [1.165, 1.54) is 30.0 Å². The number of carbonyl (C=O) groups is 2. The van der Waals surface area contributed by atoms with E-state index >= 15 is 0 Å². The summed E-state index contributed by atoms with van der Waals surface area (Å²) in [6, 6.07) is 13.5. The van der Waals surface area contributed by atoms with Crippen molar-refractivity contribution in [3.63, 3.8) is 0 Å². The molecule has 9 heteroatoms. The average molecular weight is 412 g/mol. The molecule has 0 bridgehead atoms. The van der Waals surface area contributed by atoms with Gasteiger partial charge in [0.25, 0.3) is 5.69 Å². The number of anilines is 1. The molecule has 1 aliphatic rings. The monoisotopic (exact) mass is 412 g/mol. The third-order valence-corrected chi connectivity index (χ3v) is 5.52. The number of thioether (sulfide) groups is 1. The minimum absolute atomic E-state index is 0.0982. The number of hydrogen-bond acceptors (Lipinski definition) is 6. The molecule has 8 nitrogen and oxygen atoms in total. The molecule has 0 saturated carbocycles. The number of amidine groups is 1. The topological polar surface area (TPSA) is 105 Å². The van der Waals surface area contributed by atoms with Crippen molar-refractivity contribution in [2.45, 2.75) is 25.5 Å². The second kappa shape index (κ2) is 8.87. The zero-order valence-electron chi connectivity index (χ0n) is 16.0. The van der Waals surface area contributed by atoms with Crippen LogP contribution in [0.3, 0.4) is 0 Å². The molecule has 1 N–H and O–H groups in total. The van der Waals surface area contributed by atoms with E-state index in [4.69, 9.17) is 0 Å². The standard InChI is InChI=1S/C20H20N4O4S/c1-3-23-19(26)17(29-20(23)21-14-10-8-13(2)9-11-14)12-18(25)22-15-6-4-5-7-16(15)24(27)28/h4-11,17H,3,12H2,1-2H3,(H,22,25). The van der Waals surface area contributed by atoms with Crippen LogP contribution in [0.1, 0.15) is 18.9 Å². The number of amides is 2. The Morgan fingerprint density at radius 1 is 1.24 bits per heavy atom. The minimum atomic E-state index is -0.623. The van der Waals surface area contributed by atoms with Gasteiger partial charge in [-0.3, -0.25) is 24.6 Å². The van der Waals surface area contributed by atoms with Gasteiger partial charge in [0.05, 0.1) is 10.6 Å². The van der Waals surface area contributed by atoms with Crippen molar-refractivity contribution < 1.29 is 14.5 Å². The molecule has 1 unspecified atom stereocenters. The summed E-state index contributed by atoms with van der Waals surface area (Å²) in [6.45, 7) is 4.27. The molecule has 0 aromatic heterocycles. The van der Waals surface area contributed by atoms with E-state index in [2.05, 4.69) is 10.3 Å². The van der Waals surface area contributed by atoms with Gasteiger partial charge in [0, 0.05) is 19.0 Å². The van der Waals surface area contributed by atoms with E-state index < -0.39 is 16.1 Å². The van der Waals surface area contributed by atoms with Crippen LogP contribution in [-0.2, 0) is 9.59 Å². The van der Waals surface area contributed by atoms with Gasteiger partial charge in [0.2, 0.25) is 11.8 Å². The highest BCUT2D eigenvalue weighted by Gasteiger charge is 2.38. The minimum Gasteiger partial charge on any atom is -0.320 e. The molecular formula is C20H20N4O4S. The summed E-state index contributed by atoms with van der Waals surface area (Å²) in [7, 11) is 0. The van der Waals surface area contributed by atoms with Crippen molar-refractivity contribution in [2.75, 3.05) is 11.9 Å². The van der Waals surface area contributed by atoms with Gasteiger partial charge in [-0.05, 0) is 32.0 Å². The second-order valence-electron chi connectivity index (χ2n) is 6.45. The molecule has 3 rings (SSSR count). The summed E-state index contributed by atoms with van der Waals surface area (Å²) in [6.07, 6.45) is -0.0982. The number of benzene rings is 2. The summed E-state index contributed by atoms with van der Waals surface area (Å²) in [4.78, 5) is 41.7. The molecule has 2 aromatic rings. The summed E-state index contributed by atoms with van der Waals surface area (Å²) in [5.41, 5.74) is 1.76. The van der Waals surface area contributed by atoms with Gasteiger partial charge in [0.1, 0.15) is 10.9 Å². The number of nitrogens with zero attached hydrogens (tertiary/aromatic N) is 3. The van der Waals surface area contributed by atoms with Crippen LogP contribution in [0.4, 0.5) is 17.1 Å². The van der Waals surface area contributed by atoms with Crippen LogP contribution in [0.15, 0.2) is 53.5 Å². The van der Waals surface area contributed by atoms with Crippen molar-refractivity contribution in [2.24, 2.45) is 4.99 Å². The highest BCUT2D eigenvalue weighted by Crippen LogP contribution is 2.32. The quantitative estimate of drug-likeness (QED) is 0.572. The molecule has 1 heterocycles. The van der Waals surface area contributed by atoms with Crippen LogP contribution in [0.25, 0.3) is 0 Å². The third-order valence-electron chi connectivity index (χ3n) is 4.34. The smallest absolute Gasteiger partial charge is 0.292 e. The van der Waals surface area contributed by atoms with Crippen LogP contribution in [0.5, 0.6) is 0 Å². The fraction of sp³-hybridized carbons (Fsp3) is 0.250. The fourth-order valence-electron chi connectivity index (χ4n) is 2.85. The van der Waals surface area contributed by atoms with Crippen molar-refractivity contribution >= 4 is 45.8 Å². The number of nitro groups is 1. The lowest BCUT2D eigenvalue weighted by Gasteiger charge is -2.13. The summed E-state index contributed by atoms with van der Waals surface area (Å²) in [5, 5.41) is 13.6. The zero-order valence-corrected chi connectivity index (χ0v) is 16.8. The Hall–Kier alpha value is -3.20. The van der Waals surface area contributed by atoms with E-state index in [9.17, 15) is 19.7 Å². The first-order valence-electron chi connectivity index (χ1n) is 9.05. The van der Waals surface area contributed by atoms with Gasteiger partial charge < -0.3 is 5.32 Å². The predicted octanol–water partition coefficient (Wildman–Crippen LogP) is 3.88. The first-order chi connectivity index (χ1) is 13.9. The summed E-state index contributed by atoms with van der Waals surface area (Å²) < 4.78 is 0. The lowest BCUT2D eigenvalue weighted by molar-refractivity contribution is -0.383. The molecule has 150 valence electrons. The molecular weight excluding hydrogens is 392 g/mol. The molecule has 2 amide bonds. The maximum Gasteiger partial charge on any atom is 0.292 e. The predicted molar refractivity (Wildman–Crippen MR) is 113 cm³/mol. The number of carbonyl (C=O) groups excluding carboxylic acids is 2. The Bertz CT molecular complexity index is 975. The highest BCUT2D eigenvalue weighted by molar-refractivity contribution is 8.15. The van der Waals surface area contributed by atoms with Crippen LogP contribution in [-0.4, -0.2) is 38.6 Å². The maximum absolute atomic E-state index is 12.7. The Kier molecular flexibility index (Phi) is 6.28. The highest BCUT2D eigenvalue weighted by atomic mass is 32.2. The Morgan fingerprint density at radius 2 is 1.93 bits per heavy atom. The van der Waals surface area contributed by atoms with E-state index in [-0.39, 0.29) is 23.7 Å². The molecule has 0 radical (unpaired) electrons. The Morgan fingerprint density at radius 3 is 2.59 bits per heavy atom. The summed E-state index contributed by atoms with van der Waals surface area (Å²) in [5.74, 6) is -0.654. The number of nitro benzene ring substituents is 1. The molecule has 1 aliphatic heterocycles. The largest absolute Gasteiger partial charge is 0.320 e. The first kappa shape index (κ1) is 20.5. The average Bonchev–Trinajstić information content (AvgIpc) is 2.98. The molecule has 29 heavy (non-hydrogen) atoms. The van der Waals surface area contributed by atoms with Gasteiger partial charge >= 0.3 is 0 Å². The SMILES string of the molecule is CCN1C(=O)C(CC(=O)Nc2ccccc2[N+](=O)[O-])SC1=Nc1ccc(C)cc1. The van der Waals surface area contributed by atoms with Crippen molar-refractivity contribution in [1.82, 2.24) is 4.90 Å². The number of hydrogen-bond donors (Lipinski definition) is 1. The lowest BCUT2D eigenvalue weighted by atomic mass is 10.2. The molecule has 0 spiro atoms. The van der Waals surface area contributed by atoms with Crippen LogP contribution in [0, 0.1) is 17.0 Å². The number of para-hydroxylation sites is 2. The fourth-order valence-corrected chi connectivity index (χ4v) is 4.08. The molecule has 1 fully saturated rings. The van der Waals surface area contributed by atoms with Crippen molar-refractivity contribution in [3.8, 4) is 0 Å². The van der Waals surface area contributed by atoms with Gasteiger partial charge in [-0.15, -0.1) is 0 Å². The lowest BCUT2D eigenvalue weighted by Crippen LogP contribution is -2.33. The Balaban J connectivity index is 1.73. The van der Waals surface area contributed by atoms with Gasteiger partial charge in [-0.2, -0.15) is 0 Å². The van der Waals surface area contributed by atoms with E-state index in [0.717, 1.165) is 11.3 Å². The van der Waals surface area contributed by atoms with Crippen LogP contribution in [0.2, 0.25) is 0 Å². The van der Waals surface area contributed by atoms with Crippen LogP contribution < -0.4 is 5.32 Å². The van der Waals surface area contributed by atoms with Crippen LogP contribution >= 0.6 is 11.8 Å². The van der Waals surface area contributed by atoms with Gasteiger partial charge in [0.15, 0.2) is 5.17 Å². The second-order valence-corrected chi connectivity index (χ2v) is 7.62. The van der Waals surface area contributed by atoms with Crippen molar-refractivity contribution in [3.05, 3.63) is 64.2 Å². The van der Waals surface area contributed by atoms with Gasteiger partial charge in [-0.1, -0.05) is 41.6 Å². The van der Waals surface area contributed by atoms with Gasteiger partial charge in [-0.25, -0.2) is 4.99 Å². The molecule has 1 atom stereocenters. The zero-order chi connectivity index (χ0) is 21.0. The molecule has 0 aliphatic carbocycles.